The largest absolute Gasteiger partial charge is 0.383 e. The Morgan fingerprint density at radius 1 is 1.54 bits per heavy atom. The maximum atomic E-state index is 5.93. The average Bonchev–Trinajstić information content (AvgIpc) is 2.11. The molecule has 0 rings (SSSR count). The van der Waals surface area contributed by atoms with E-state index in [0.29, 0.717) is 6.61 Å². The van der Waals surface area contributed by atoms with Crippen LogP contribution in [0.25, 0.3) is 0 Å². The number of alkyl halides is 1. The van der Waals surface area contributed by atoms with Crippen molar-refractivity contribution in [1.82, 2.24) is 5.32 Å². The first kappa shape index (κ1) is 13.6. The number of nitrogens with one attached hydrogen (secondary N) is 1. The normalized spacial score (nSPS) is 13.2. The number of hydrogen-bond acceptors (Lipinski definition) is 3. The van der Waals surface area contributed by atoms with Crippen LogP contribution in [0, 0.1) is 0 Å². The zero-order valence-corrected chi connectivity index (χ0v) is 10.1. The van der Waals surface area contributed by atoms with Gasteiger partial charge in [0.05, 0.1) is 12.0 Å². The summed E-state index contributed by atoms with van der Waals surface area (Å²) in [6.45, 7) is 4.70. The quantitative estimate of drug-likeness (QED) is 0.479. The van der Waals surface area contributed by atoms with Crippen molar-refractivity contribution in [3.8, 4) is 0 Å². The van der Waals surface area contributed by atoms with E-state index in [1.54, 1.807) is 7.11 Å². The molecule has 0 aliphatic rings. The van der Waals surface area contributed by atoms with Gasteiger partial charge in [0.25, 0.3) is 0 Å². The van der Waals surface area contributed by atoms with Gasteiger partial charge in [-0.25, -0.2) is 0 Å². The Morgan fingerprint density at radius 2 is 2.31 bits per heavy atom. The Labute approximate surface area is 90.7 Å². The molecule has 0 radical (unpaired) electrons. The summed E-state index contributed by atoms with van der Waals surface area (Å²) in [6.07, 6.45) is 1.22. The number of ether oxygens (including phenoxy) is 1. The highest BCUT2D eigenvalue weighted by atomic mass is 35.5. The van der Waals surface area contributed by atoms with Gasteiger partial charge in [-0.1, -0.05) is 6.92 Å². The first-order valence-electron chi connectivity index (χ1n) is 4.72. The molecule has 0 saturated carbocycles. The molecule has 0 saturated heterocycles. The lowest BCUT2D eigenvalue weighted by molar-refractivity contribution is 0.197. The Morgan fingerprint density at radius 3 is 2.92 bits per heavy atom. The van der Waals surface area contributed by atoms with E-state index in [1.165, 1.54) is 17.9 Å². The molecule has 2 nitrogen and oxygen atoms in total. The molecule has 0 bridgehead atoms. The van der Waals surface area contributed by atoms with Crippen molar-refractivity contribution in [2.75, 3.05) is 38.3 Å². The van der Waals surface area contributed by atoms with E-state index in [2.05, 4.69) is 12.2 Å². The van der Waals surface area contributed by atoms with Gasteiger partial charge in [-0.3, -0.25) is 0 Å². The highest BCUT2D eigenvalue weighted by Crippen LogP contribution is 1.99. The lowest BCUT2D eigenvalue weighted by atomic mass is 10.4. The molecule has 13 heavy (non-hydrogen) atoms. The Bertz CT molecular complexity index is 106. The lowest BCUT2D eigenvalue weighted by Crippen LogP contribution is -2.27. The van der Waals surface area contributed by atoms with Crippen molar-refractivity contribution in [2.45, 2.75) is 18.7 Å². The summed E-state index contributed by atoms with van der Waals surface area (Å²) in [5.41, 5.74) is 0. The molecule has 0 aromatic rings. The standard InChI is InChI=1S/C9H20ClNOS/c1-3-13-6-4-5-11-7-9(10)8-12-2/h9,11H,3-8H2,1-2H3. The molecular weight excluding hydrogens is 206 g/mol. The Balaban J connectivity index is 2.97. The molecule has 1 atom stereocenters. The molecule has 0 heterocycles. The highest BCUT2D eigenvalue weighted by Gasteiger charge is 2.01. The molecule has 0 aliphatic heterocycles. The van der Waals surface area contributed by atoms with Crippen LogP contribution in [0.15, 0.2) is 0 Å². The smallest absolute Gasteiger partial charge is 0.0693 e. The predicted molar refractivity (Wildman–Crippen MR) is 62.0 cm³/mol. The fourth-order valence-electron chi connectivity index (χ4n) is 0.942. The van der Waals surface area contributed by atoms with E-state index in [9.17, 15) is 0 Å². The third-order valence-electron chi connectivity index (χ3n) is 1.56. The van der Waals surface area contributed by atoms with Gasteiger partial charge >= 0.3 is 0 Å². The fourth-order valence-corrected chi connectivity index (χ4v) is 1.81. The van der Waals surface area contributed by atoms with Gasteiger partial charge in [-0.05, 0) is 24.5 Å². The third kappa shape index (κ3) is 10.5. The van der Waals surface area contributed by atoms with Crippen molar-refractivity contribution >= 4 is 23.4 Å². The van der Waals surface area contributed by atoms with Crippen molar-refractivity contribution in [3.05, 3.63) is 0 Å². The van der Waals surface area contributed by atoms with Crippen LogP contribution in [0.4, 0.5) is 0 Å². The number of rotatable bonds is 9. The number of halogens is 1. The molecule has 1 N–H and O–H groups in total. The molecule has 0 aromatic heterocycles. The topological polar surface area (TPSA) is 21.3 Å². The van der Waals surface area contributed by atoms with Crippen molar-refractivity contribution in [1.29, 1.82) is 0 Å². The molecule has 4 heteroatoms. The average molecular weight is 226 g/mol. The van der Waals surface area contributed by atoms with Gasteiger partial charge < -0.3 is 10.1 Å². The van der Waals surface area contributed by atoms with Gasteiger partial charge in [0, 0.05) is 13.7 Å². The summed E-state index contributed by atoms with van der Waals surface area (Å²) in [5.74, 6) is 2.45. The first-order valence-corrected chi connectivity index (χ1v) is 6.31. The van der Waals surface area contributed by atoms with Crippen LogP contribution in [-0.2, 0) is 4.74 Å². The van der Waals surface area contributed by atoms with Crippen LogP contribution in [-0.4, -0.2) is 43.7 Å². The summed E-state index contributed by atoms with van der Waals surface area (Å²) >= 11 is 7.91. The van der Waals surface area contributed by atoms with E-state index in [0.717, 1.165) is 13.1 Å². The predicted octanol–water partition coefficient (Wildman–Crippen LogP) is 1.97. The van der Waals surface area contributed by atoms with Crippen LogP contribution >= 0.6 is 23.4 Å². The first-order chi connectivity index (χ1) is 6.31. The molecule has 0 amide bonds. The number of thioether (sulfide) groups is 1. The SMILES string of the molecule is CCSCCCNCC(Cl)COC. The Hall–Kier alpha value is 0.560. The van der Waals surface area contributed by atoms with Crippen LogP contribution in [0.3, 0.4) is 0 Å². The Kier molecular flexibility index (Phi) is 11.1. The van der Waals surface area contributed by atoms with Crippen molar-refractivity contribution in [2.24, 2.45) is 0 Å². The molecule has 0 spiro atoms. The zero-order valence-electron chi connectivity index (χ0n) is 8.51. The second-order valence-corrected chi connectivity index (χ2v) is 4.82. The molecule has 0 fully saturated rings. The van der Waals surface area contributed by atoms with Gasteiger partial charge in [-0.15, -0.1) is 11.6 Å². The molecule has 1 unspecified atom stereocenters. The molecule has 0 aliphatic carbocycles. The second-order valence-electron chi connectivity index (χ2n) is 2.81. The summed E-state index contributed by atoms with van der Waals surface area (Å²) in [6, 6.07) is 0. The molecule has 0 aromatic carbocycles. The fraction of sp³-hybridized carbons (Fsp3) is 1.00. The minimum Gasteiger partial charge on any atom is -0.383 e. The van der Waals surface area contributed by atoms with Crippen LogP contribution in [0.5, 0.6) is 0 Å². The van der Waals surface area contributed by atoms with E-state index in [4.69, 9.17) is 16.3 Å². The second kappa shape index (κ2) is 10.6. The maximum absolute atomic E-state index is 5.93. The summed E-state index contributed by atoms with van der Waals surface area (Å²) in [5, 5.41) is 3.40. The number of methoxy groups -OCH3 is 1. The summed E-state index contributed by atoms with van der Waals surface area (Å²) in [7, 11) is 1.67. The van der Waals surface area contributed by atoms with Gasteiger partial charge in [0.2, 0.25) is 0 Å². The maximum Gasteiger partial charge on any atom is 0.0693 e. The van der Waals surface area contributed by atoms with E-state index < -0.39 is 0 Å². The van der Waals surface area contributed by atoms with Gasteiger partial charge in [-0.2, -0.15) is 11.8 Å². The highest BCUT2D eigenvalue weighted by molar-refractivity contribution is 7.99. The van der Waals surface area contributed by atoms with Crippen molar-refractivity contribution in [3.63, 3.8) is 0 Å². The van der Waals surface area contributed by atoms with Gasteiger partial charge in [0.1, 0.15) is 0 Å². The summed E-state index contributed by atoms with van der Waals surface area (Å²) in [4.78, 5) is 0. The van der Waals surface area contributed by atoms with Crippen molar-refractivity contribution < 1.29 is 4.74 Å². The van der Waals surface area contributed by atoms with Gasteiger partial charge in [0.15, 0.2) is 0 Å². The molecular formula is C9H20ClNOS. The monoisotopic (exact) mass is 225 g/mol. The minimum absolute atomic E-state index is 0.101. The lowest BCUT2D eigenvalue weighted by Gasteiger charge is -2.09. The minimum atomic E-state index is 0.101. The summed E-state index contributed by atoms with van der Waals surface area (Å²) < 4.78 is 4.92. The third-order valence-corrected chi connectivity index (χ3v) is 2.83. The van der Waals surface area contributed by atoms with Crippen LogP contribution in [0.2, 0.25) is 0 Å². The van der Waals surface area contributed by atoms with Crippen LogP contribution < -0.4 is 5.32 Å². The van der Waals surface area contributed by atoms with E-state index in [-0.39, 0.29) is 5.38 Å². The van der Waals surface area contributed by atoms with Crippen LogP contribution in [0.1, 0.15) is 13.3 Å². The van der Waals surface area contributed by atoms with E-state index >= 15 is 0 Å². The molecule has 80 valence electrons. The zero-order chi connectivity index (χ0) is 9.94. The van der Waals surface area contributed by atoms with E-state index in [1.807, 2.05) is 11.8 Å². The number of hydrogen-bond donors (Lipinski definition) is 1.